The Morgan fingerprint density at radius 1 is 1.44 bits per heavy atom. The molecule has 100 valence electrons. The lowest BCUT2D eigenvalue weighted by Crippen LogP contribution is -2.48. The van der Waals surface area contributed by atoms with Crippen LogP contribution >= 0.6 is 23.6 Å². The van der Waals surface area contributed by atoms with E-state index in [2.05, 4.69) is 5.32 Å². The summed E-state index contributed by atoms with van der Waals surface area (Å²) in [6.07, 6.45) is 1.27. The molecule has 1 amide bonds. The van der Waals surface area contributed by atoms with E-state index in [1.165, 1.54) is 4.88 Å². The first-order chi connectivity index (χ1) is 8.46. The monoisotopic (exact) mass is 284 g/mol. The highest BCUT2D eigenvalue weighted by molar-refractivity contribution is 7.80. The molecule has 0 bridgehead atoms. The van der Waals surface area contributed by atoms with Crippen LogP contribution in [0.3, 0.4) is 0 Å². The van der Waals surface area contributed by atoms with Crippen LogP contribution < -0.4 is 11.1 Å². The molecule has 1 aromatic heterocycles. The number of hydrogen-bond donors (Lipinski definition) is 2. The highest BCUT2D eigenvalue weighted by Gasteiger charge is 2.37. The maximum Gasteiger partial charge on any atom is 0.233 e. The maximum absolute atomic E-state index is 12.3. The largest absolute Gasteiger partial charge is 0.392 e. The Balaban J connectivity index is 2.71. The second-order valence-corrected chi connectivity index (χ2v) is 6.16. The Morgan fingerprint density at radius 3 is 2.44 bits per heavy atom. The summed E-state index contributed by atoms with van der Waals surface area (Å²) >= 11 is 6.74. The molecule has 0 aliphatic carbocycles. The van der Waals surface area contributed by atoms with Crippen LogP contribution in [0, 0.1) is 12.3 Å². The molecule has 1 heterocycles. The first-order valence-electron chi connectivity index (χ1n) is 6.09. The molecule has 0 saturated heterocycles. The lowest BCUT2D eigenvalue weighted by Gasteiger charge is -2.28. The van der Waals surface area contributed by atoms with Crippen molar-refractivity contribution in [1.29, 1.82) is 0 Å². The number of carbonyl (C=O) groups excluding carboxylic acids is 1. The summed E-state index contributed by atoms with van der Waals surface area (Å²) in [6, 6.07) is 4.08. The molecule has 0 atom stereocenters. The molecule has 0 unspecified atom stereocenters. The molecule has 0 aliphatic heterocycles. The zero-order chi connectivity index (χ0) is 13.8. The Kier molecular flexibility index (Phi) is 5.28. The van der Waals surface area contributed by atoms with Gasteiger partial charge in [0.1, 0.15) is 0 Å². The Labute approximate surface area is 118 Å². The van der Waals surface area contributed by atoms with Crippen molar-refractivity contribution >= 4 is 34.5 Å². The highest BCUT2D eigenvalue weighted by atomic mass is 32.1. The minimum Gasteiger partial charge on any atom is -0.392 e. The van der Waals surface area contributed by atoms with E-state index < -0.39 is 5.41 Å². The SMILES string of the molecule is CCC(CC)(C(=O)NCc1ccc(C)s1)C(N)=S. The van der Waals surface area contributed by atoms with Crippen LogP contribution in [0.4, 0.5) is 0 Å². The van der Waals surface area contributed by atoms with Gasteiger partial charge in [-0.2, -0.15) is 0 Å². The van der Waals surface area contributed by atoms with E-state index >= 15 is 0 Å². The third-order valence-corrected chi connectivity index (χ3v) is 4.72. The average Bonchev–Trinajstić information content (AvgIpc) is 2.74. The highest BCUT2D eigenvalue weighted by Crippen LogP contribution is 2.27. The summed E-state index contributed by atoms with van der Waals surface area (Å²) < 4.78 is 0. The van der Waals surface area contributed by atoms with Gasteiger partial charge in [0.25, 0.3) is 0 Å². The van der Waals surface area contributed by atoms with Crippen LogP contribution in [0.5, 0.6) is 0 Å². The summed E-state index contributed by atoms with van der Waals surface area (Å²) in [7, 11) is 0. The molecular weight excluding hydrogens is 264 g/mol. The standard InChI is InChI=1S/C13H20N2OS2/c1-4-13(5-2,11(14)17)12(16)15-8-10-7-6-9(3)18-10/h6-7H,4-5,8H2,1-3H3,(H2,14,17)(H,15,16). The van der Waals surface area contributed by atoms with E-state index in [-0.39, 0.29) is 10.9 Å². The summed E-state index contributed by atoms with van der Waals surface area (Å²) in [5.74, 6) is -0.0638. The van der Waals surface area contributed by atoms with Crippen LogP contribution in [0.2, 0.25) is 0 Å². The van der Waals surface area contributed by atoms with Crippen molar-refractivity contribution in [3.63, 3.8) is 0 Å². The molecule has 1 rings (SSSR count). The van der Waals surface area contributed by atoms with Crippen molar-refractivity contribution in [3.8, 4) is 0 Å². The van der Waals surface area contributed by atoms with Gasteiger partial charge in [-0.15, -0.1) is 11.3 Å². The molecule has 0 aliphatic rings. The van der Waals surface area contributed by atoms with Crippen molar-refractivity contribution in [3.05, 3.63) is 21.9 Å². The van der Waals surface area contributed by atoms with E-state index in [4.69, 9.17) is 18.0 Å². The van der Waals surface area contributed by atoms with Gasteiger partial charge in [-0.1, -0.05) is 26.1 Å². The minimum absolute atomic E-state index is 0.0638. The molecule has 5 heteroatoms. The predicted octanol–water partition coefficient (Wildman–Crippen LogP) is 2.77. The molecule has 1 aromatic rings. The van der Waals surface area contributed by atoms with Gasteiger partial charge in [-0.05, 0) is 31.9 Å². The van der Waals surface area contributed by atoms with Crippen molar-refractivity contribution in [2.24, 2.45) is 11.1 Å². The van der Waals surface area contributed by atoms with Gasteiger partial charge in [0.15, 0.2) is 0 Å². The Morgan fingerprint density at radius 2 is 2.06 bits per heavy atom. The smallest absolute Gasteiger partial charge is 0.233 e. The van der Waals surface area contributed by atoms with E-state index in [0.29, 0.717) is 19.4 Å². The molecule has 3 nitrogen and oxygen atoms in total. The fourth-order valence-electron chi connectivity index (χ4n) is 1.95. The fraction of sp³-hybridized carbons (Fsp3) is 0.538. The topological polar surface area (TPSA) is 55.1 Å². The third kappa shape index (κ3) is 3.09. The van der Waals surface area contributed by atoms with Crippen molar-refractivity contribution in [2.45, 2.75) is 40.2 Å². The third-order valence-electron chi connectivity index (χ3n) is 3.33. The number of hydrogen-bond acceptors (Lipinski definition) is 3. The zero-order valence-electron chi connectivity index (χ0n) is 11.1. The maximum atomic E-state index is 12.3. The lowest BCUT2D eigenvalue weighted by atomic mass is 9.81. The van der Waals surface area contributed by atoms with Crippen molar-refractivity contribution in [1.82, 2.24) is 5.32 Å². The number of thiophene rings is 1. The molecule has 3 N–H and O–H groups in total. The number of aryl methyl sites for hydroxylation is 1. The number of nitrogens with one attached hydrogen (secondary N) is 1. The summed E-state index contributed by atoms with van der Waals surface area (Å²) in [6.45, 7) is 6.48. The van der Waals surface area contributed by atoms with Gasteiger partial charge >= 0.3 is 0 Å². The second-order valence-electron chi connectivity index (χ2n) is 4.35. The lowest BCUT2D eigenvalue weighted by molar-refractivity contribution is -0.128. The predicted molar refractivity (Wildman–Crippen MR) is 80.7 cm³/mol. The van der Waals surface area contributed by atoms with E-state index in [9.17, 15) is 4.79 Å². The van der Waals surface area contributed by atoms with Gasteiger partial charge in [0.05, 0.1) is 16.9 Å². The quantitative estimate of drug-likeness (QED) is 0.790. The Bertz CT molecular complexity index is 436. The average molecular weight is 284 g/mol. The molecule has 0 spiro atoms. The fourth-order valence-corrected chi connectivity index (χ4v) is 3.16. The van der Waals surface area contributed by atoms with Crippen molar-refractivity contribution in [2.75, 3.05) is 0 Å². The normalized spacial score (nSPS) is 11.3. The minimum atomic E-state index is -0.707. The molecule has 0 aromatic carbocycles. The van der Waals surface area contributed by atoms with Gasteiger partial charge < -0.3 is 11.1 Å². The first-order valence-corrected chi connectivity index (χ1v) is 7.32. The molecule has 18 heavy (non-hydrogen) atoms. The first kappa shape index (κ1) is 15.1. The van der Waals surface area contributed by atoms with E-state index in [1.807, 2.05) is 32.9 Å². The number of nitrogens with two attached hydrogens (primary N) is 1. The van der Waals surface area contributed by atoms with Crippen LogP contribution in [0.1, 0.15) is 36.4 Å². The van der Waals surface area contributed by atoms with E-state index in [1.54, 1.807) is 11.3 Å². The number of carbonyl (C=O) groups is 1. The van der Waals surface area contributed by atoms with Crippen LogP contribution in [-0.2, 0) is 11.3 Å². The molecular formula is C13H20N2OS2. The van der Waals surface area contributed by atoms with Gasteiger partial charge in [-0.25, -0.2) is 0 Å². The van der Waals surface area contributed by atoms with Crippen LogP contribution in [0.25, 0.3) is 0 Å². The summed E-state index contributed by atoms with van der Waals surface area (Å²) in [5, 5.41) is 2.94. The molecule has 0 fully saturated rings. The van der Waals surface area contributed by atoms with Gasteiger partial charge in [0.2, 0.25) is 5.91 Å². The Hall–Kier alpha value is -0.940. The van der Waals surface area contributed by atoms with Crippen LogP contribution in [0.15, 0.2) is 12.1 Å². The molecule has 0 saturated carbocycles. The molecule has 0 radical (unpaired) electrons. The van der Waals surface area contributed by atoms with Crippen molar-refractivity contribution < 1.29 is 4.79 Å². The number of thiocarbonyl (C=S) groups is 1. The summed E-state index contributed by atoms with van der Waals surface area (Å²) in [4.78, 5) is 14.9. The van der Waals surface area contributed by atoms with Gasteiger partial charge in [-0.3, -0.25) is 4.79 Å². The van der Waals surface area contributed by atoms with E-state index in [0.717, 1.165) is 4.88 Å². The zero-order valence-corrected chi connectivity index (χ0v) is 12.7. The van der Waals surface area contributed by atoms with Gasteiger partial charge in [0, 0.05) is 9.75 Å². The van der Waals surface area contributed by atoms with Crippen LogP contribution in [-0.4, -0.2) is 10.9 Å². The number of rotatable bonds is 6. The summed E-state index contributed by atoms with van der Waals surface area (Å²) in [5.41, 5.74) is 5.03. The second kappa shape index (κ2) is 6.29. The number of amides is 1.